The molecule has 0 aliphatic carbocycles. The van der Waals surface area contributed by atoms with Crippen LogP contribution in [0.1, 0.15) is 5.56 Å². The van der Waals surface area contributed by atoms with Crippen LogP contribution in [0, 0.1) is 5.82 Å². The maximum absolute atomic E-state index is 14.3. The molecule has 5 rings (SSSR count). The summed E-state index contributed by atoms with van der Waals surface area (Å²) in [6.07, 6.45) is 2.36. The van der Waals surface area contributed by atoms with Crippen LogP contribution in [-0.4, -0.2) is 45.6 Å². The number of carbonyl (C=O) groups excluding carboxylic acids is 3. The molecule has 196 valence electrons. The molecule has 0 radical (unpaired) electrons. The van der Waals surface area contributed by atoms with Crippen molar-refractivity contribution in [2.75, 3.05) is 19.0 Å². The molecule has 1 saturated heterocycles. The lowest BCUT2D eigenvalue weighted by atomic mass is 10.0. The second-order valence-electron chi connectivity index (χ2n) is 8.11. The number of amides is 3. The lowest BCUT2D eigenvalue weighted by molar-refractivity contribution is -0.127. The summed E-state index contributed by atoms with van der Waals surface area (Å²) in [6.45, 7) is -0.496. The molecule has 0 bridgehead atoms. The molecule has 0 spiro atoms. The summed E-state index contributed by atoms with van der Waals surface area (Å²) in [5.41, 5.74) is 0.813. The van der Waals surface area contributed by atoms with Gasteiger partial charge in [-0.15, -0.1) is 0 Å². The van der Waals surface area contributed by atoms with Gasteiger partial charge in [0.25, 0.3) is 17.0 Å². The van der Waals surface area contributed by atoms with Crippen molar-refractivity contribution in [3.05, 3.63) is 88.4 Å². The molecular weight excluding hydrogens is 547 g/mol. The van der Waals surface area contributed by atoms with E-state index in [1.807, 2.05) is 12.1 Å². The molecule has 9 nitrogen and oxygen atoms in total. The van der Waals surface area contributed by atoms with E-state index in [2.05, 4.69) is 15.3 Å². The first kappa shape index (κ1) is 26.1. The van der Waals surface area contributed by atoms with E-state index in [1.165, 1.54) is 13.2 Å². The molecule has 3 aromatic carbocycles. The van der Waals surface area contributed by atoms with E-state index in [1.54, 1.807) is 48.5 Å². The van der Waals surface area contributed by atoms with Gasteiger partial charge in [-0.1, -0.05) is 42.5 Å². The fraction of sp³-hybridized carbons (Fsp3) is 0.0741. The average molecular weight is 565 g/mol. The second kappa shape index (κ2) is 11.1. The molecule has 0 saturated carbocycles. The molecule has 0 unspecified atom stereocenters. The van der Waals surface area contributed by atoms with Gasteiger partial charge in [0.1, 0.15) is 18.0 Å². The summed E-state index contributed by atoms with van der Waals surface area (Å²) in [4.78, 5) is 46.9. The predicted molar refractivity (Wildman–Crippen MR) is 145 cm³/mol. The number of fused-ring (bicyclic) bond motifs is 1. The van der Waals surface area contributed by atoms with Gasteiger partial charge in [-0.05, 0) is 58.4 Å². The quantitative estimate of drug-likeness (QED) is 0.218. The predicted octanol–water partition coefficient (Wildman–Crippen LogP) is 5.90. The number of ether oxygens (including phenoxy) is 2. The number of hydrogen-bond acceptors (Lipinski definition) is 8. The van der Waals surface area contributed by atoms with Crippen LogP contribution in [0.15, 0.2) is 71.8 Å². The highest BCUT2D eigenvalue weighted by molar-refractivity contribution is 8.18. The fourth-order valence-electron chi connectivity index (χ4n) is 3.87. The number of para-hydroxylation sites is 2. The van der Waals surface area contributed by atoms with Crippen LogP contribution in [0.3, 0.4) is 0 Å². The average Bonchev–Trinajstić information content (AvgIpc) is 3.19. The van der Waals surface area contributed by atoms with Crippen molar-refractivity contribution in [1.29, 1.82) is 0 Å². The molecule has 1 aliphatic heterocycles. The van der Waals surface area contributed by atoms with E-state index in [9.17, 15) is 18.8 Å². The normalized spacial score (nSPS) is 14.2. The fourth-order valence-corrected chi connectivity index (χ4v) is 4.81. The van der Waals surface area contributed by atoms with Crippen molar-refractivity contribution in [2.24, 2.45) is 0 Å². The van der Waals surface area contributed by atoms with Crippen molar-refractivity contribution in [2.45, 2.75) is 0 Å². The van der Waals surface area contributed by atoms with Crippen LogP contribution >= 0.6 is 23.4 Å². The van der Waals surface area contributed by atoms with Crippen LogP contribution in [0.25, 0.3) is 16.8 Å². The maximum atomic E-state index is 14.3. The summed E-state index contributed by atoms with van der Waals surface area (Å²) < 4.78 is 25.3. The Morgan fingerprint density at radius 3 is 2.69 bits per heavy atom. The lowest BCUT2D eigenvalue weighted by Gasteiger charge is -2.14. The SMILES string of the molecule is COc1ccccc1NC(=O)CN1C(=O)S/C(=C/c2c(Oc3nc(Cl)ncc3F)ccc3ccccc23)C1=O. The van der Waals surface area contributed by atoms with E-state index < -0.39 is 35.3 Å². The number of halogens is 2. The number of imide groups is 1. The van der Waals surface area contributed by atoms with Crippen molar-refractivity contribution < 1.29 is 28.2 Å². The van der Waals surface area contributed by atoms with Gasteiger partial charge >= 0.3 is 0 Å². The number of anilines is 1. The Labute approximate surface area is 230 Å². The number of hydrogen-bond donors (Lipinski definition) is 1. The number of aromatic nitrogens is 2. The van der Waals surface area contributed by atoms with E-state index in [0.29, 0.717) is 34.1 Å². The minimum atomic E-state index is -0.833. The van der Waals surface area contributed by atoms with Crippen molar-refractivity contribution >= 4 is 63.0 Å². The molecule has 12 heteroatoms. The van der Waals surface area contributed by atoms with E-state index >= 15 is 0 Å². The molecule has 4 aromatic rings. The minimum absolute atomic E-state index is 0.0625. The number of nitrogens with one attached hydrogen (secondary N) is 1. The Bertz CT molecular complexity index is 1660. The topological polar surface area (TPSA) is 111 Å². The van der Waals surface area contributed by atoms with Gasteiger partial charge in [-0.3, -0.25) is 19.3 Å². The molecule has 1 fully saturated rings. The molecule has 1 aromatic heterocycles. The van der Waals surface area contributed by atoms with Crippen LogP contribution in [0.5, 0.6) is 17.4 Å². The highest BCUT2D eigenvalue weighted by atomic mass is 35.5. The Morgan fingerprint density at radius 1 is 1.10 bits per heavy atom. The molecule has 3 amide bonds. The van der Waals surface area contributed by atoms with Gasteiger partial charge in [-0.2, -0.15) is 9.37 Å². The molecule has 2 heterocycles. The minimum Gasteiger partial charge on any atom is -0.495 e. The van der Waals surface area contributed by atoms with Crippen molar-refractivity contribution in [1.82, 2.24) is 14.9 Å². The third kappa shape index (κ3) is 5.54. The van der Waals surface area contributed by atoms with Gasteiger partial charge in [0, 0.05) is 5.56 Å². The molecular formula is C27H18ClFN4O5S. The maximum Gasteiger partial charge on any atom is 0.294 e. The number of methoxy groups -OCH3 is 1. The smallest absolute Gasteiger partial charge is 0.294 e. The van der Waals surface area contributed by atoms with Crippen molar-refractivity contribution in [3.63, 3.8) is 0 Å². The zero-order chi connectivity index (χ0) is 27.5. The molecule has 39 heavy (non-hydrogen) atoms. The van der Waals surface area contributed by atoms with Gasteiger partial charge in [0.15, 0.2) is 0 Å². The molecule has 1 aliphatic rings. The number of benzene rings is 3. The summed E-state index contributed by atoms with van der Waals surface area (Å²) in [6, 6.07) is 17.4. The molecule has 1 N–H and O–H groups in total. The number of carbonyl (C=O) groups is 3. The first-order chi connectivity index (χ1) is 18.8. The second-order valence-corrected chi connectivity index (χ2v) is 9.44. The number of thioether (sulfide) groups is 1. The zero-order valence-corrected chi connectivity index (χ0v) is 21.8. The van der Waals surface area contributed by atoms with E-state index in [-0.39, 0.29) is 15.9 Å². The Balaban J connectivity index is 1.45. The number of nitrogens with zero attached hydrogens (tertiary/aromatic N) is 3. The van der Waals surface area contributed by atoms with Gasteiger partial charge in [-0.25, -0.2) is 4.98 Å². The van der Waals surface area contributed by atoms with Crippen LogP contribution in [0.4, 0.5) is 14.9 Å². The molecule has 0 atom stereocenters. The van der Waals surface area contributed by atoms with Gasteiger partial charge < -0.3 is 14.8 Å². The Kier molecular flexibility index (Phi) is 7.44. The lowest BCUT2D eigenvalue weighted by Crippen LogP contribution is -2.36. The Hall–Kier alpha value is -4.48. The third-order valence-electron chi connectivity index (χ3n) is 5.65. The third-order valence-corrected chi connectivity index (χ3v) is 6.74. The first-order valence-corrected chi connectivity index (χ1v) is 12.6. The highest BCUT2D eigenvalue weighted by Crippen LogP contribution is 2.38. The zero-order valence-electron chi connectivity index (χ0n) is 20.2. The van der Waals surface area contributed by atoms with Gasteiger partial charge in [0.2, 0.25) is 17.0 Å². The van der Waals surface area contributed by atoms with Gasteiger partial charge in [0.05, 0.1) is 23.9 Å². The van der Waals surface area contributed by atoms with Crippen LogP contribution < -0.4 is 14.8 Å². The summed E-state index contributed by atoms with van der Waals surface area (Å²) >= 11 is 6.48. The van der Waals surface area contributed by atoms with Crippen LogP contribution in [-0.2, 0) is 9.59 Å². The Morgan fingerprint density at radius 2 is 1.87 bits per heavy atom. The van der Waals surface area contributed by atoms with Crippen LogP contribution in [0.2, 0.25) is 5.28 Å². The largest absolute Gasteiger partial charge is 0.495 e. The summed E-state index contributed by atoms with van der Waals surface area (Å²) in [5, 5.41) is 3.32. The number of rotatable bonds is 7. The van der Waals surface area contributed by atoms with E-state index in [4.69, 9.17) is 21.1 Å². The van der Waals surface area contributed by atoms with Crippen molar-refractivity contribution in [3.8, 4) is 17.4 Å². The summed E-state index contributed by atoms with van der Waals surface area (Å²) in [7, 11) is 1.46. The van der Waals surface area contributed by atoms with E-state index in [0.717, 1.165) is 16.5 Å². The standard InChI is InChI=1S/C27H18ClFN4O5S/c1-37-21-9-5-4-8-19(21)31-23(34)14-33-25(35)22(39-27(33)36)12-17-16-7-3-2-6-15(16)10-11-20(17)38-24-18(29)13-30-26(28)32-24/h2-13H,14H2,1H3,(H,31,34)/b22-12+. The highest BCUT2D eigenvalue weighted by Gasteiger charge is 2.36. The summed E-state index contributed by atoms with van der Waals surface area (Å²) in [5.74, 6) is -1.86. The monoisotopic (exact) mass is 564 g/mol. The first-order valence-electron chi connectivity index (χ1n) is 11.4.